The maximum absolute atomic E-state index is 5.58. The van der Waals surface area contributed by atoms with Crippen molar-refractivity contribution in [3.63, 3.8) is 0 Å². The summed E-state index contributed by atoms with van der Waals surface area (Å²) in [6.07, 6.45) is 0. The summed E-state index contributed by atoms with van der Waals surface area (Å²) in [6, 6.07) is 6.02. The molecule has 0 saturated heterocycles. The standard InChI is InChI=1S/C13H20O2/c1-5-14-11-7-8-13(15-6-2)12(9-11)10(3)4/h7-10H,5-6H2,1-4H3. The summed E-state index contributed by atoms with van der Waals surface area (Å²) < 4.78 is 11.1. The number of hydrogen-bond donors (Lipinski definition) is 0. The molecule has 1 aromatic rings. The van der Waals surface area contributed by atoms with Crippen molar-refractivity contribution >= 4 is 0 Å². The van der Waals surface area contributed by atoms with Crippen LogP contribution in [0.3, 0.4) is 0 Å². The molecule has 1 rings (SSSR count). The zero-order valence-corrected chi connectivity index (χ0v) is 10.0. The van der Waals surface area contributed by atoms with Gasteiger partial charge < -0.3 is 9.47 Å². The Balaban J connectivity index is 2.97. The molecular formula is C13H20O2. The van der Waals surface area contributed by atoms with Gasteiger partial charge in [-0.05, 0) is 38.0 Å². The summed E-state index contributed by atoms with van der Waals surface area (Å²) in [6.45, 7) is 9.71. The molecule has 0 N–H and O–H groups in total. The first-order valence-corrected chi connectivity index (χ1v) is 5.58. The largest absolute Gasteiger partial charge is 0.494 e. The Labute approximate surface area is 92.2 Å². The Kier molecular flexibility index (Phi) is 4.47. The third kappa shape index (κ3) is 3.15. The van der Waals surface area contributed by atoms with Gasteiger partial charge in [-0.25, -0.2) is 0 Å². The normalized spacial score (nSPS) is 10.5. The highest BCUT2D eigenvalue weighted by Crippen LogP contribution is 2.30. The van der Waals surface area contributed by atoms with E-state index in [1.54, 1.807) is 0 Å². The van der Waals surface area contributed by atoms with E-state index in [2.05, 4.69) is 19.9 Å². The van der Waals surface area contributed by atoms with Gasteiger partial charge in [0, 0.05) is 5.56 Å². The summed E-state index contributed by atoms with van der Waals surface area (Å²) in [5, 5.41) is 0. The Hall–Kier alpha value is -1.18. The van der Waals surface area contributed by atoms with Gasteiger partial charge in [0.2, 0.25) is 0 Å². The predicted molar refractivity (Wildman–Crippen MR) is 62.9 cm³/mol. The highest BCUT2D eigenvalue weighted by atomic mass is 16.5. The molecule has 2 nitrogen and oxygen atoms in total. The Morgan fingerprint density at radius 2 is 1.73 bits per heavy atom. The zero-order chi connectivity index (χ0) is 11.3. The first-order chi connectivity index (χ1) is 7.19. The second kappa shape index (κ2) is 5.64. The van der Waals surface area contributed by atoms with Crippen molar-refractivity contribution in [3.05, 3.63) is 23.8 Å². The van der Waals surface area contributed by atoms with Gasteiger partial charge in [0.05, 0.1) is 13.2 Å². The molecule has 84 valence electrons. The fourth-order valence-electron chi connectivity index (χ4n) is 1.52. The first-order valence-electron chi connectivity index (χ1n) is 5.58. The molecule has 0 fully saturated rings. The second-order valence-corrected chi connectivity index (χ2v) is 3.72. The van der Waals surface area contributed by atoms with Crippen molar-refractivity contribution in [1.82, 2.24) is 0 Å². The van der Waals surface area contributed by atoms with E-state index in [1.807, 2.05) is 26.0 Å². The second-order valence-electron chi connectivity index (χ2n) is 3.72. The third-order valence-electron chi connectivity index (χ3n) is 2.21. The number of ether oxygens (including phenoxy) is 2. The summed E-state index contributed by atoms with van der Waals surface area (Å²) in [5.41, 5.74) is 1.21. The average molecular weight is 208 g/mol. The lowest BCUT2D eigenvalue weighted by Crippen LogP contribution is -2.00. The molecule has 0 spiro atoms. The molecule has 0 heterocycles. The Morgan fingerprint density at radius 1 is 1.07 bits per heavy atom. The van der Waals surface area contributed by atoms with Gasteiger partial charge in [-0.15, -0.1) is 0 Å². The zero-order valence-electron chi connectivity index (χ0n) is 10.0. The first kappa shape index (κ1) is 11.9. The van der Waals surface area contributed by atoms with Crippen LogP contribution in [0.4, 0.5) is 0 Å². The number of benzene rings is 1. The van der Waals surface area contributed by atoms with Crippen LogP contribution < -0.4 is 9.47 Å². The van der Waals surface area contributed by atoms with Crippen LogP contribution in [0.5, 0.6) is 11.5 Å². The van der Waals surface area contributed by atoms with Crippen molar-refractivity contribution in [2.75, 3.05) is 13.2 Å². The van der Waals surface area contributed by atoms with Crippen LogP contribution in [0.1, 0.15) is 39.2 Å². The molecular weight excluding hydrogens is 188 g/mol. The lowest BCUT2D eigenvalue weighted by Gasteiger charge is -2.14. The van der Waals surface area contributed by atoms with Crippen molar-refractivity contribution in [2.24, 2.45) is 0 Å². The summed E-state index contributed by atoms with van der Waals surface area (Å²) in [7, 11) is 0. The fraction of sp³-hybridized carbons (Fsp3) is 0.538. The fourth-order valence-corrected chi connectivity index (χ4v) is 1.52. The summed E-state index contributed by atoms with van der Waals surface area (Å²) >= 11 is 0. The Bertz CT molecular complexity index is 305. The van der Waals surface area contributed by atoms with Crippen LogP contribution in [0.2, 0.25) is 0 Å². The Morgan fingerprint density at radius 3 is 2.27 bits per heavy atom. The summed E-state index contributed by atoms with van der Waals surface area (Å²) in [4.78, 5) is 0. The van der Waals surface area contributed by atoms with E-state index < -0.39 is 0 Å². The van der Waals surface area contributed by atoms with Crippen molar-refractivity contribution < 1.29 is 9.47 Å². The minimum atomic E-state index is 0.451. The molecule has 1 aromatic carbocycles. The van der Waals surface area contributed by atoms with E-state index in [1.165, 1.54) is 5.56 Å². The van der Waals surface area contributed by atoms with Gasteiger partial charge in [0.25, 0.3) is 0 Å². The molecule has 0 unspecified atom stereocenters. The molecule has 0 saturated carbocycles. The van der Waals surface area contributed by atoms with Crippen LogP contribution in [0, 0.1) is 0 Å². The smallest absolute Gasteiger partial charge is 0.122 e. The molecule has 0 aliphatic carbocycles. The highest BCUT2D eigenvalue weighted by molar-refractivity contribution is 5.42. The van der Waals surface area contributed by atoms with Crippen molar-refractivity contribution in [3.8, 4) is 11.5 Å². The third-order valence-corrected chi connectivity index (χ3v) is 2.21. The lowest BCUT2D eigenvalue weighted by atomic mass is 10.0. The maximum Gasteiger partial charge on any atom is 0.122 e. The molecule has 2 heteroatoms. The highest BCUT2D eigenvalue weighted by Gasteiger charge is 2.08. The summed E-state index contributed by atoms with van der Waals surface area (Å²) in [5.74, 6) is 2.34. The average Bonchev–Trinajstić information content (AvgIpc) is 2.21. The van der Waals surface area contributed by atoms with Crippen LogP contribution >= 0.6 is 0 Å². The van der Waals surface area contributed by atoms with Crippen LogP contribution in [-0.2, 0) is 0 Å². The van der Waals surface area contributed by atoms with Gasteiger partial charge in [0.15, 0.2) is 0 Å². The van der Waals surface area contributed by atoms with E-state index in [0.29, 0.717) is 19.1 Å². The molecule has 0 aliphatic heterocycles. The van der Waals surface area contributed by atoms with Crippen LogP contribution in [0.25, 0.3) is 0 Å². The van der Waals surface area contributed by atoms with Gasteiger partial charge in [-0.2, -0.15) is 0 Å². The lowest BCUT2D eigenvalue weighted by molar-refractivity contribution is 0.326. The topological polar surface area (TPSA) is 18.5 Å². The van der Waals surface area contributed by atoms with Crippen molar-refractivity contribution in [1.29, 1.82) is 0 Å². The molecule has 15 heavy (non-hydrogen) atoms. The van der Waals surface area contributed by atoms with E-state index in [-0.39, 0.29) is 0 Å². The predicted octanol–water partition coefficient (Wildman–Crippen LogP) is 3.61. The molecule has 0 atom stereocenters. The number of rotatable bonds is 5. The van der Waals surface area contributed by atoms with E-state index in [9.17, 15) is 0 Å². The van der Waals surface area contributed by atoms with Gasteiger partial charge >= 0.3 is 0 Å². The minimum Gasteiger partial charge on any atom is -0.494 e. The molecule has 0 aromatic heterocycles. The number of hydrogen-bond acceptors (Lipinski definition) is 2. The van der Waals surface area contributed by atoms with Gasteiger partial charge in [0.1, 0.15) is 11.5 Å². The maximum atomic E-state index is 5.58. The van der Waals surface area contributed by atoms with E-state index in [0.717, 1.165) is 11.5 Å². The van der Waals surface area contributed by atoms with Crippen molar-refractivity contribution in [2.45, 2.75) is 33.6 Å². The molecule has 0 radical (unpaired) electrons. The molecule has 0 amide bonds. The minimum absolute atomic E-state index is 0.451. The van der Waals surface area contributed by atoms with E-state index >= 15 is 0 Å². The van der Waals surface area contributed by atoms with Gasteiger partial charge in [-0.3, -0.25) is 0 Å². The molecule has 0 bridgehead atoms. The quantitative estimate of drug-likeness (QED) is 0.736. The van der Waals surface area contributed by atoms with Crippen LogP contribution in [-0.4, -0.2) is 13.2 Å². The molecule has 0 aliphatic rings. The monoisotopic (exact) mass is 208 g/mol. The van der Waals surface area contributed by atoms with Gasteiger partial charge in [-0.1, -0.05) is 13.8 Å². The van der Waals surface area contributed by atoms with E-state index in [4.69, 9.17) is 9.47 Å². The van der Waals surface area contributed by atoms with Crippen LogP contribution in [0.15, 0.2) is 18.2 Å². The SMILES string of the molecule is CCOc1ccc(OCC)c(C(C)C)c1.